The quantitative estimate of drug-likeness (QED) is 0.618. The fourth-order valence-corrected chi connectivity index (χ4v) is 2.52. The minimum Gasteiger partial charge on any atom is -0.465 e. The van der Waals surface area contributed by atoms with Gasteiger partial charge in [0, 0.05) is 5.69 Å². The third-order valence-electron chi connectivity index (χ3n) is 2.33. The second-order valence-corrected chi connectivity index (χ2v) is 5.21. The van der Waals surface area contributed by atoms with E-state index >= 15 is 0 Å². The SMILES string of the molecule is CCOC(=O)[C@H](C)Sc1nc(C)cc(C)c1C#N. The van der Waals surface area contributed by atoms with Crippen molar-refractivity contribution in [2.24, 2.45) is 0 Å². The highest BCUT2D eigenvalue weighted by molar-refractivity contribution is 8.00. The lowest BCUT2D eigenvalue weighted by molar-refractivity contribution is -0.142. The van der Waals surface area contributed by atoms with Crippen molar-refractivity contribution in [1.29, 1.82) is 5.26 Å². The van der Waals surface area contributed by atoms with Crippen LogP contribution in [0.2, 0.25) is 0 Å². The van der Waals surface area contributed by atoms with Gasteiger partial charge in [-0.3, -0.25) is 4.79 Å². The lowest BCUT2D eigenvalue weighted by Crippen LogP contribution is -2.17. The first kappa shape index (κ1) is 14.5. The maximum atomic E-state index is 11.6. The molecule has 1 aromatic rings. The number of rotatable bonds is 4. The zero-order valence-electron chi connectivity index (χ0n) is 11.0. The predicted molar refractivity (Wildman–Crippen MR) is 70.4 cm³/mol. The molecule has 0 aliphatic rings. The Morgan fingerprint density at radius 2 is 2.28 bits per heavy atom. The van der Waals surface area contributed by atoms with Gasteiger partial charge in [0.05, 0.1) is 12.2 Å². The molecule has 0 radical (unpaired) electrons. The van der Waals surface area contributed by atoms with Gasteiger partial charge in [0.2, 0.25) is 0 Å². The van der Waals surface area contributed by atoms with E-state index < -0.39 is 0 Å². The van der Waals surface area contributed by atoms with Crippen LogP contribution in [0.3, 0.4) is 0 Å². The molecule has 1 heterocycles. The summed E-state index contributed by atoms with van der Waals surface area (Å²) in [4.78, 5) is 15.9. The van der Waals surface area contributed by atoms with Crippen molar-refractivity contribution in [3.05, 3.63) is 22.9 Å². The standard InChI is InChI=1S/C13H16N2O2S/c1-5-17-13(16)10(4)18-12-11(7-14)8(2)6-9(3)15-12/h6,10H,5H2,1-4H3/t10-/m0/s1. The summed E-state index contributed by atoms with van der Waals surface area (Å²) in [6, 6.07) is 3.99. The van der Waals surface area contributed by atoms with E-state index in [9.17, 15) is 4.79 Å². The van der Waals surface area contributed by atoms with Crippen LogP contribution in [0, 0.1) is 25.2 Å². The van der Waals surface area contributed by atoms with Crippen LogP contribution in [0.1, 0.15) is 30.7 Å². The molecule has 5 heteroatoms. The van der Waals surface area contributed by atoms with Gasteiger partial charge < -0.3 is 4.74 Å². The van der Waals surface area contributed by atoms with Crippen molar-refractivity contribution in [3.8, 4) is 6.07 Å². The number of hydrogen-bond acceptors (Lipinski definition) is 5. The molecule has 0 saturated carbocycles. The van der Waals surface area contributed by atoms with Crippen LogP contribution in [-0.2, 0) is 9.53 Å². The molecule has 0 aromatic carbocycles. The van der Waals surface area contributed by atoms with E-state index in [-0.39, 0.29) is 11.2 Å². The van der Waals surface area contributed by atoms with Crippen molar-refractivity contribution in [3.63, 3.8) is 0 Å². The van der Waals surface area contributed by atoms with Gasteiger partial charge in [-0.05, 0) is 39.3 Å². The number of nitrogens with zero attached hydrogens (tertiary/aromatic N) is 2. The number of aryl methyl sites for hydroxylation is 2. The highest BCUT2D eigenvalue weighted by Gasteiger charge is 2.19. The van der Waals surface area contributed by atoms with Crippen LogP contribution in [-0.4, -0.2) is 22.8 Å². The van der Waals surface area contributed by atoms with Gasteiger partial charge in [0.15, 0.2) is 0 Å². The number of carbonyl (C=O) groups is 1. The van der Waals surface area contributed by atoms with Gasteiger partial charge in [-0.1, -0.05) is 11.8 Å². The first-order valence-electron chi connectivity index (χ1n) is 5.71. The van der Waals surface area contributed by atoms with E-state index in [1.165, 1.54) is 11.8 Å². The normalized spacial score (nSPS) is 11.7. The van der Waals surface area contributed by atoms with Gasteiger partial charge in [0.1, 0.15) is 16.3 Å². The van der Waals surface area contributed by atoms with Crippen molar-refractivity contribution < 1.29 is 9.53 Å². The van der Waals surface area contributed by atoms with Crippen LogP contribution in [0.25, 0.3) is 0 Å². The van der Waals surface area contributed by atoms with Gasteiger partial charge in [-0.25, -0.2) is 4.98 Å². The maximum absolute atomic E-state index is 11.6. The molecule has 0 fully saturated rings. The van der Waals surface area contributed by atoms with Crippen LogP contribution >= 0.6 is 11.8 Å². The number of esters is 1. The van der Waals surface area contributed by atoms with Crippen LogP contribution in [0.5, 0.6) is 0 Å². The summed E-state index contributed by atoms with van der Waals surface area (Å²) in [5, 5.41) is 9.35. The first-order chi connectivity index (χ1) is 8.49. The molecule has 0 saturated heterocycles. The van der Waals surface area contributed by atoms with Gasteiger partial charge in [-0.15, -0.1) is 0 Å². The first-order valence-corrected chi connectivity index (χ1v) is 6.59. The third-order valence-corrected chi connectivity index (χ3v) is 3.39. The molecular formula is C13H16N2O2S. The average molecular weight is 264 g/mol. The molecule has 0 aliphatic carbocycles. The number of aromatic nitrogens is 1. The lowest BCUT2D eigenvalue weighted by Gasteiger charge is -2.12. The summed E-state index contributed by atoms with van der Waals surface area (Å²) >= 11 is 1.26. The monoisotopic (exact) mass is 264 g/mol. The fraction of sp³-hybridized carbons (Fsp3) is 0.462. The molecule has 0 N–H and O–H groups in total. The molecule has 1 aromatic heterocycles. The summed E-state index contributed by atoms with van der Waals surface area (Å²) in [5.74, 6) is -0.285. The van der Waals surface area contributed by atoms with Crippen LogP contribution in [0.4, 0.5) is 0 Å². The topological polar surface area (TPSA) is 63.0 Å². The van der Waals surface area contributed by atoms with Gasteiger partial charge >= 0.3 is 5.97 Å². The zero-order valence-corrected chi connectivity index (χ0v) is 11.8. The second-order valence-electron chi connectivity index (χ2n) is 3.88. The average Bonchev–Trinajstić information content (AvgIpc) is 2.28. The van der Waals surface area contributed by atoms with Crippen LogP contribution < -0.4 is 0 Å². The summed E-state index contributed by atoms with van der Waals surface area (Å²) < 4.78 is 4.94. The van der Waals surface area contributed by atoms with E-state index in [2.05, 4.69) is 11.1 Å². The molecule has 1 rings (SSSR count). The van der Waals surface area contributed by atoms with E-state index in [0.29, 0.717) is 17.2 Å². The molecule has 4 nitrogen and oxygen atoms in total. The predicted octanol–water partition coefficient (Wildman–Crippen LogP) is 2.61. The lowest BCUT2D eigenvalue weighted by atomic mass is 10.1. The Morgan fingerprint density at radius 1 is 1.61 bits per heavy atom. The van der Waals surface area contributed by atoms with Crippen molar-refractivity contribution in [2.45, 2.75) is 38.0 Å². The van der Waals surface area contributed by atoms with E-state index in [1.54, 1.807) is 13.8 Å². The summed E-state index contributed by atoms with van der Waals surface area (Å²) in [5.41, 5.74) is 2.25. The number of nitriles is 1. The van der Waals surface area contributed by atoms with Crippen LogP contribution in [0.15, 0.2) is 11.1 Å². The summed E-state index contributed by atoms with van der Waals surface area (Å²) in [6.07, 6.45) is 0. The Balaban J connectivity index is 2.97. The highest BCUT2D eigenvalue weighted by atomic mass is 32.2. The largest absolute Gasteiger partial charge is 0.465 e. The Morgan fingerprint density at radius 3 is 2.83 bits per heavy atom. The summed E-state index contributed by atoms with van der Waals surface area (Å²) in [7, 11) is 0. The number of ether oxygens (including phenoxy) is 1. The highest BCUT2D eigenvalue weighted by Crippen LogP contribution is 2.27. The molecule has 0 spiro atoms. The Bertz CT molecular complexity index is 494. The Hall–Kier alpha value is -1.54. The maximum Gasteiger partial charge on any atom is 0.319 e. The minimum absolute atomic E-state index is 0.285. The number of pyridine rings is 1. The third kappa shape index (κ3) is 3.47. The number of carbonyl (C=O) groups excluding carboxylic acids is 1. The molecule has 96 valence electrons. The van der Waals surface area contributed by atoms with E-state index in [4.69, 9.17) is 10.00 Å². The summed E-state index contributed by atoms with van der Waals surface area (Å²) in [6.45, 7) is 7.61. The van der Waals surface area contributed by atoms with Crippen molar-refractivity contribution in [1.82, 2.24) is 4.98 Å². The molecule has 0 amide bonds. The Kier molecular flexibility index (Phi) is 5.17. The molecule has 0 unspecified atom stereocenters. The second kappa shape index (κ2) is 6.41. The van der Waals surface area contributed by atoms with Gasteiger partial charge in [0.25, 0.3) is 0 Å². The van der Waals surface area contributed by atoms with Gasteiger partial charge in [-0.2, -0.15) is 5.26 Å². The molecule has 0 bridgehead atoms. The molecule has 1 atom stereocenters. The van der Waals surface area contributed by atoms with E-state index in [0.717, 1.165) is 11.3 Å². The fourth-order valence-electron chi connectivity index (χ4n) is 1.50. The molecular weight excluding hydrogens is 248 g/mol. The number of thioether (sulfide) groups is 1. The smallest absolute Gasteiger partial charge is 0.319 e. The van der Waals surface area contributed by atoms with Crippen molar-refractivity contribution in [2.75, 3.05) is 6.61 Å². The van der Waals surface area contributed by atoms with E-state index in [1.807, 2.05) is 19.9 Å². The minimum atomic E-state index is -0.370. The number of hydrogen-bond donors (Lipinski definition) is 0. The molecule has 18 heavy (non-hydrogen) atoms. The van der Waals surface area contributed by atoms with Crippen molar-refractivity contribution >= 4 is 17.7 Å². The zero-order chi connectivity index (χ0) is 13.7. The molecule has 0 aliphatic heterocycles. The Labute approximate surface area is 111 Å².